The van der Waals surface area contributed by atoms with Crippen molar-refractivity contribution in [2.45, 2.75) is 36.7 Å². The van der Waals surface area contributed by atoms with E-state index in [1.54, 1.807) is 37.1 Å². The molecule has 1 aliphatic heterocycles. The number of aryl methyl sites for hydroxylation is 1. The van der Waals surface area contributed by atoms with E-state index in [-0.39, 0.29) is 22.7 Å². The number of amides is 1. The number of rotatable bonds is 3. The highest BCUT2D eigenvalue weighted by Gasteiger charge is 2.33. The number of amidine groups is 1. The topological polar surface area (TPSA) is 78.8 Å². The molecule has 140 valence electrons. The van der Waals surface area contributed by atoms with Crippen molar-refractivity contribution in [1.29, 1.82) is 0 Å². The van der Waals surface area contributed by atoms with Gasteiger partial charge in [-0.05, 0) is 43.0 Å². The van der Waals surface area contributed by atoms with Crippen LogP contribution in [0.15, 0.2) is 58.4 Å². The van der Waals surface area contributed by atoms with E-state index in [2.05, 4.69) is 21.8 Å². The van der Waals surface area contributed by atoms with Crippen molar-refractivity contribution in [2.75, 3.05) is 7.05 Å². The second-order valence-corrected chi connectivity index (χ2v) is 8.61. The van der Waals surface area contributed by atoms with Gasteiger partial charge in [-0.2, -0.15) is 0 Å². The molecule has 0 radical (unpaired) electrons. The maximum absolute atomic E-state index is 12.9. The first-order valence-corrected chi connectivity index (χ1v) is 10.4. The number of carbonyl (C=O) groups excluding carboxylic acids is 1. The highest BCUT2D eigenvalue weighted by molar-refractivity contribution is 7.90. The first kappa shape index (κ1) is 17.7. The Balaban J connectivity index is 1.58. The lowest BCUT2D eigenvalue weighted by molar-refractivity contribution is -0.133. The Morgan fingerprint density at radius 1 is 1.19 bits per heavy atom. The van der Waals surface area contributed by atoms with Crippen LogP contribution >= 0.6 is 0 Å². The molecule has 2 aliphatic rings. The third-order valence-corrected chi connectivity index (χ3v) is 6.66. The number of benzene rings is 2. The molecule has 2 aromatic carbocycles. The molecule has 0 fully saturated rings. The van der Waals surface area contributed by atoms with Gasteiger partial charge in [0.1, 0.15) is 11.9 Å². The number of nitrogens with zero attached hydrogens (tertiary/aromatic N) is 2. The SMILES string of the molecule is C[C@H](N=C1NS(=O)(=O)c2ccccc21)C(=O)N(C)C1CCc2ccccc21. The van der Waals surface area contributed by atoms with Crippen LogP contribution in [-0.2, 0) is 21.2 Å². The quantitative estimate of drug-likeness (QED) is 0.883. The third-order valence-electron chi connectivity index (χ3n) is 5.26. The Labute approximate surface area is 159 Å². The zero-order chi connectivity index (χ0) is 19.2. The van der Waals surface area contributed by atoms with E-state index in [0.717, 1.165) is 12.8 Å². The Bertz CT molecular complexity index is 1050. The summed E-state index contributed by atoms with van der Waals surface area (Å²) in [6.07, 6.45) is 1.84. The monoisotopic (exact) mass is 383 g/mol. The summed E-state index contributed by atoms with van der Waals surface area (Å²) in [4.78, 5) is 19.3. The van der Waals surface area contributed by atoms with Gasteiger partial charge in [-0.25, -0.2) is 8.42 Å². The van der Waals surface area contributed by atoms with E-state index >= 15 is 0 Å². The number of fused-ring (bicyclic) bond motifs is 2. The number of aliphatic imine (C=N–C) groups is 1. The molecule has 7 heteroatoms. The van der Waals surface area contributed by atoms with Crippen LogP contribution in [0.4, 0.5) is 0 Å². The van der Waals surface area contributed by atoms with Crippen LogP contribution in [0, 0.1) is 0 Å². The Morgan fingerprint density at radius 2 is 1.89 bits per heavy atom. The molecule has 27 heavy (non-hydrogen) atoms. The number of nitrogens with one attached hydrogen (secondary N) is 1. The molecular weight excluding hydrogens is 362 g/mol. The van der Waals surface area contributed by atoms with E-state index in [1.165, 1.54) is 17.2 Å². The van der Waals surface area contributed by atoms with Crippen molar-refractivity contribution in [3.63, 3.8) is 0 Å². The van der Waals surface area contributed by atoms with Crippen LogP contribution in [-0.4, -0.2) is 38.2 Å². The lowest BCUT2D eigenvalue weighted by atomic mass is 10.1. The minimum absolute atomic E-state index is 0.0314. The second kappa shape index (κ2) is 6.49. The van der Waals surface area contributed by atoms with Gasteiger partial charge >= 0.3 is 0 Å². The van der Waals surface area contributed by atoms with Crippen LogP contribution in [0.5, 0.6) is 0 Å². The number of carbonyl (C=O) groups is 1. The number of sulfonamides is 1. The average molecular weight is 383 g/mol. The smallest absolute Gasteiger partial charge is 0.263 e. The molecule has 1 heterocycles. The summed E-state index contributed by atoms with van der Waals surface area (Å²) < 4.78 is 26.9. The van der Waals surface area contributed by atoms with E-state index in [4.69, 9.17) is 0 Å². The molecule has 0 saturated heterocycles. The average Bonchev–Trinajstić information content (AvgIpc) is 3.20. The molecule has 0 saturated carbocycles. The van der Waals surface area contributed by atoms with Gasteiger partial charge in [-0.3, -0.25) is 14.5 Å². The highest BCUT2D eigenvalue weighted by Crippen LogP contribution is 2.35. The largest absolute Gasteiger partial charge is 0.337 e. The Kier molecular flexibility index (Phi) is 4.26. The molecule has 0 spiro atoms. The number of likely N-dealkylation sites (N-methyl/N-ethyl adjacent to an activating group) is 1. The van der Waals surface area contributed by atoms with Gasteiger partial charge in [0, 0.05) is 12.6 Å². The zero-order valence-corrected chi connectivity index (χ0v) is 16.0. The Hall–Kier alpha value is -2.67. The van der Waals surface area contributed by atoms with Crippen LogP contribution in [0.1, 0.15) is 36.1 Å². The molecular formula is C20H21N3O3S. The summed E-state index contributed by atoms with van der Waals surface area (Å²) >= 11 is 0. The van der Waals surface area contributed by atoms with Crippen LogP contribution in [0.25, 0.3) is 0 Å². The molecule has 0 bridgehead atoms. The maximum atomic E-state index is 12.9. The minimum Gasteiger partial charge on any atom is -0.337 e. The van der Waals surface area contributed by atoms with Gasteiger partial charge < -0.3 is 4.90 Å². The number of hydrogen-bond donors (Lipinski definition) is 1. The predicted octanol–water partition coefficient (Wildman–Crippen LogP) is 2.26. The summed E-state index contributed by atoms with van der Waals surface area (Å²) in [7, 11) is -1.82. The van der Waals surface area contributed by atoms with E-state index in [9.17, 15) is 13.2 Å². The molecule has 1 amide bonds. The summed E-state index contributed by atoms with van der Waals surface area (Å²) in [5.74, 6) is 0.0967. The predicted molar refractivity (Wildman–Crippen MR) is 103 cm³/mol. The van der Waals surface area contributed by atoms with Crippen molar-refractivity contribution in [3.8, 4) is 0 Å². The van der Waals surface area contributed by atoms with Crippen LogP contribution in [0.3, 0.4) is 0 Å². The molecule has 1 aliphatic carbocycles. The third kappa shape index (κ3) is 3.02. The zero-order valence-electron chi connectivity index (χ0n) is 15.2. The van der Waals surface area contributed by atoms with E-state index in [1.807, 2.05) is 12.1 Å². The first-order chi connectivity index (χ1) is 12.9. The second-order valence-electron chi connectivity index (χ2n) is 6.96. The summed E-state index contributed by atoms with van der Waals surface area (Å²) in [5, 5.41) is 0. The first-order valence-electron chi connectivity index (χ1n) is 8.93. The lowest BCUT2D eigenvalue weighted by Crippen LogP contribution is -2.37. The summed E-state index contributed by atoms with van der Waals surface area (Å²) in [6.45, 7) is 1.70. The molecule has 1 unspecified atom stereocenters. The van der Waals surface area contributed by atoms with Crippen LogP contribution < -0.4 is 4.72 Å². The number of hydrogen-bond acceptors (Lipinski definition) is 4. The van der Waals surface area contributed by atoms with Crippen molar-refractivity contribution in [3.05, 3.63) is 65.2 Å². The van der Waals surface area contributed by atoms with Gasteiger partial charge in [0.2, 0.25) is 5.91 Å². The standard InChI is InChI=1S/C20H21N3O3S/c1-13(21-19-16-9-5-6-10-18(16)27(25,26)22-19)20(24)23(2)17-12-11-14-7-3-4-8-15(14)17/h3-10,13,17H,11-12H2,1-2H3,(H,21,22)/t13-,17?/m0/s1. The van der Waals surface area contributed by atoms with Crippen molar-refractivity contribution in [1.82, 2.24) is 9.62 Å². The van der Waals surface area contributed by atoms with Crippen molar-refractivity contribution in [2.24, 2.45) is 4.99 Å². The highest BCUT2D eigenvalue weighted by atomic mass is 32.2. The van der Waals surface area contributed by atoms with Gasteiger partial charge in [0.05, 0.1) is 10.9 Å². The summed E-state index contributed by atoms with van der Waals surface area (Å²) in [5.41, 5.74) is 2.96. The fraction of sp³-hybridized carbons (Fsp3) is 0.300. The Morgan fingerprint density at radius 3 is 2.70 bits per heavy atom. The fourth-order valence-electron chi connectivity index (χ4n) is 3.86. The molecule has 4 rings (SSSR count). The molecule has 1 N–H and O–H groups in total. The van der Waals surface area contributed by atoms with Gasteiger partial charge in [0.15, 0.2) is 0 Å². The molecule has 2 atom stereocenters. The van der Waals surface area contributed by atoms with Gasteiger partial charge in [-0.1, -0.05) is 36.4 Å². The maximum Gasteiger partial charge on any atom is 0.263 e. The van der Waals surface area contributed by atoms with Crippen molar-refractivity contribution < 1.29 is 13.2 Å². The van der Waals surface area contributed by atoms with E-state index < -0.39 is 16.1 Å². The summed E-state index contributed by atoms with van der Waals surface area (Å²) in [6, 6.07) is 14.2. The molecule has 0 aromatic heterocycles. The molecule has 6 nitrogen and oxygen atoms in total. The fourth-order valence-corrected chi connectivity index (χ4v) is 5.10. The normalized spacial score (nSPS) is 22.0. The molecule has 2 aromatic rings. The van der Waals surface area contributed by atoms with Gasteiger partial charge in [0.25, 0.3) is 10.0 Å². The minimum atomic E-state index is -3.61. The van der Waals surface area contributed by atoms with E-state index in [0.29, 0.717) is 5.56 Å². The van der Waals surface area contributed by atoms with Crippen LogP contribution in [0.2, 0.25) is 0 Å². The van der Waals surface area contributed by atoms with Crippen molar-refractivity contribution >= 4 is 21.8 Å². The van der Waals surface area contributed by atoms with Gasteiger partial charge in [-0.15, -0.1) is 0 Å². The lowest BCUT2D eigenvalue weighted by Gasteiger charge is -2.27.